The van der Waals surface area contributed by atoms with Crippen LogP contribution in [0, 0.1) is 0 Å². The minimum atomic E-state index is -0.668. The van der Waals surface area contributed by atoms with Crippen LogP contribution < -0.4 is 9.80 Å². The van der Waals surface area contributed by atoms with Crippen molar-refractivity contribution in [3.8, 4) is 33.6 Å². The summed E-state index contributed by atoms with van der Waals surface area (Å²) in [7, 11) is 0. The SMILES string of the molecule is CC(C)(C)c1ccc2c(c1)-c1cc(C(C)(C)C)ccc1C21c2c(ccc3cc(N(c4ccccc4)c4ccc5c(c4)c4ccccc4n5-c4ccccc4)ccc23)-c2ccc3cc(N(c4ccccc4)c4ccc5c(c4)c4ccccc4n5-c4ccccc4)ccc3c21. The quantitative estimate of drug-likeness (QED) is 0.151. The molecule has 2 aliphatic carbocycles. The molecule has 93 heavy (non-hydrogen) atoms. The fourth-order valence-electron chi connectivity index (χ4n) is 16.1. The lowest BCUT2D eigenvalue weighted by Crippen LogP contribution is -2.27. The Balaban J connectivity index is 0.856. The topological polar surface area (TPSA) is 16.3 Å². The van der Waals surface area contributed by atoms with Gasteiger partial charge in [-0.25, -0.2) is 0 Å². The number of benzene rings is 14. The second-order valence-electron chi connectivity index (χ2n) is 27.7. The number of aromatic nitrogens is 2. The predicted octanol–water partition coefficient (Wildman–Crippen LogP) is 24.1. The molecule has 14 aromatic carbocycles. The molecule has 0 saturated carbocycles. The minimum Gasteiger partial charge on any atom is -0.310 e. The zero-order chi connectivity index (χ0) is 62.5. The second kappa shape index (κ2) is 20.4. The summed E-state index contributed by atoms with van der Waals surface area (Å²) >= 11 is 0. The zero-order valence-corrected chi connectivity index (χ0v) is 53.2. The highest BCUT2D eigenvalue weighted by atomic mass is 15.1. The van der Waals surface area contributed by atoms with Gasteiger partial charge in [-0.05, 0) is 209 Å². The van der Waals surface area contributed by atoms with Crippen LogP contribution in [-0.2, 0) is 16.2 Å². The number of para-hydroxylation sites is 6. The molecule has 0 amide bonds. The Kier molecular flexibility index (Phi) is 12.0. The molecule has 0 bridgehead atoms. The average molecular weight is 1190 g/mol. The van der Waals surface area contributed by atoms with Crippen LogP contribution in [0.5, 0.6) is 0 Å². The number of rotatable bonds is 8. The number of fused-ring (bicyclic) bond motifs is 20. The molecule has 0 saturated heterocycles. The highest BCUT2D eigenvalue weighted by molar-refractivity contribution is 6.14. The molecular weight excluding hydrogens is 1130 g/mol. The number of hydrogen-bond acceptors (Lipinski definition) is 2. The van der Waals surface area contributed by atoms with E-state index < -0.39 is 5.41 Å². The molecule has 0 radical (unpaired) electrons. The minimum absolute atomic E-state index is 0.0630. The Labute approximate surface area is 543 Å². The van der Waals surface area contributed by atoms with Crippen LogP contribution in [0.3, 0.4) is 0 Å². The third-order valence-electron chi connectivity index (χ3n) is 20.3. The highest BCUT2D eigenvalue weighted by Gasteiger charge is 2.54. The molecule has 2 heterocycles. The first-order valence-corrected chi connectivity index (χ1v) is 32.7. The molecular formula is C89H68N4. The molecule has 2 aliphatic rings. The third kappa shape index (κ3) is 8.24. The lowest BCUT2D eigenvalue weighted by atomic mass is 9.68. The van der Waals surface area contributed by atoms with Crippen LogP contribution in [0.15, 0.2) is 303 Å². The summed E-state index contributed by atoms with van der Waals surface area (Å²) in [4.78, 5) is 4.89. The zero-order valence-electron chi connectivity index (χ0n) is 53.2. The van der Waals surface area contributed by atoms with E-state index in [1.54, 1.807) is 0 Å². The van der Waals surface area contributed by atoms with Crippen LogP contribution in [0.2, 0.25) is 0 Å². The van der Waals surface area contributed by atoms with Gasteiger partial charge in [0.2, 0.25) is 0 Å². The molecule has 0 aliphatic heterocycles. The maximum absolute atomic E-state index is 2.54. The molecule has 444 valence electrons. The first-order valence-electron chi connectivity index (χ1n) is 32.7. The van der Waals surface area contributed by atoms with Gasteiger partial charge in [0.05, 0.1) is 27.5 Å². The normalized spacial score (nSPS) is 13.1. The second-order valence-corrected chi connectivity index (χ2v) is 27.7. The molecule has 4 heteroatoms. The molecule has 0 N–H and O–H groups in total. The van der Waals surface area contributed by atoms with Crippen molar-refractivity contribution in [3.63, 3.8) is 0 Å². The van der Waals surface area contributed by atoms with Crippen molar-refractivity contribution >= 4 is 99.3 Å². The lowest BCUT2D eigenvalue weighted by Gasteiger charge is -2.33. The first kappa shape index (κ1) is 54.7. The van der Waals surface area contributed by atoms with E-state index in [2.05, 4.69) is 364 Å². The van der Waals surface area contributed by atoms with E-state index in [0.717, 1.165) is 45.5 Å². The lowest BCUT2D eigenvalue weighted by molar-refractivity contribution is 0.589. The van der Waals surface area contributed by atoms with Crippen molar-refractivity contribution in [2.45, 2.75) is 57.8 Å². The van der Waals surface area contributed by atoms with Crippen LogP contribution in [0.1, 0.15) is 74.9 Å². The van der Waals surface area contributed by atoms with Gasteiger partial charge >= 0.3 is 0 Å². The number of hydrogen-bond donors (Lipinski definition) is 0. The van der Waals surface area contributed by atoms with Gasteiger partial charge in [0.15, 0.2) is 0 Å². The van der Waals surface area contributed by atoms with E-state index in [4.69, 9.17) is 0 Å². The van der Waals surface area contributed by atoms with Gasteiger partial charge in [-0.1, -0.05) is 224 Å². The van der Waals surface area contributed by atoms with Gasteiger partial charge in [0, 0.05) is 67.0 Å². The van der Waals surface area contributed by atoms with Crippen LogP contribution >= 0.6 is 0 Å². The van der Waals surface area contributed by atoms with Crippen LogP contribution in [0.25, 0.3) is 98.8 Å². The molecule has 18 rings (SSSR count). The van der Waals surface area contributed by atoms with Crippen LogP contribution in [-0.4, -0.2) is 9.13 Å². The maximum Gasteiger partial charge on any atom is 0.0737 e. The smallest absolute Gasteiger partial charge is 0.0737 e. The highest BCUT2D eigenvalue weighted by Crippen LogP contribution is 2.66. The van der Waals surface area contributed by atoms with Gasteiger partial charge < -0.3 is 18.9 Å². The van der Waals surface area contributed by atoms with Crippen molar-refractivity contribution in [1.82, 2.24) is 9.13 Å². The Hall–Kier alpha value is -11.2. The van der Waals surface area contributed by atoms with Crippen molar-refractivity contribution < 1.29 is 0 Å². The monoisotopic (exact) mass is 1190 g/mol. The summed E-state index contributed by atoms with van der Waals surface area (Å²) in [5.41, 5.74) is 26.1. The fraction of sp³-hybridized carbons (Fsp3) is 0.101. The first-order chi connectivity index (χ1) is 45.4. The standard InChI is InChI=1S/C89H68N4/c1-87(2,3)59-37-47-79-75(53-59)76-54-60(88(4,5)6)38-48-80(76)89(79)85-69-45-39-65(90(61-23-11-7-12-24-61)67-41-49-83-77(55-67)71-31-19-21-33-81(71)92(83)63-27-15-9-16-28-63)51-57(69)35-43-73(85)74-44-36-58-52-66(40-46-70(58)86(74)89)91(62-25-13-8-14-26-62)68-42-50-84-78(56-68)72-32-20-22-34-82(72)93(84)64-29-17-10-18-30-64/h7-56H,1-6H3. The van der Waals surface area contributed by atoms with Crippen molar-refractivity contribution in [3.05, 3.63) is 337 Å². The van der Waals surface area contributed by atoms with Gasteiger partial charge in [0.1, 0.15) is 0 Å². The van der Waals surface area contributed by atoms with Gasteiger partial charge in [-0.15, -0.1) is 0 Å². The van der Waals surface area contributed by atoms with Crippen molar-refractivity contribution in [2.24, 2.45) is 0 Å². The maximum atomic E-state index is 2.54. The summed E-state index contributed by atoms with van der Waals surface area (Å²) in [5, 5.41) is 9.78. The Morgan fingerprint density at radius 1 is 0.258 bits per heavy atom. The Morgan fingerprint density at radius 3 is 1.02 bits per heavy atom. The Morgan fingerprint density at radius 2 is 0.613 bits per heavy atom. The Bertz CT molecular complexity index is 5350. The number of nitrogens with zero attached hydrogens (tertiary/aromatic N) is 4. The largest absolute Gasteiger partial charge is 0.310 e. The van der Waals surface area contributed by atoms with Gasteiger partial charge in [-0.2, -0.15) is 0 Å². The van der Waals surface area contributed by atoms with E-state index in [-0.39, 0.29) is 10.8 Å². The molecule has 2 aromatic heterocycles. The molecule has 0 unspecified atom stereocenters. The summed E-state index contributed by atoms with van der Waals surface area (Å²) < 4.78 is 4.79. The summed E-state index contributed by atoms with van der Waals surface area (Å²) in [6.07, 6.45) is 0. The summed E-state index contributed by atoms with van der Waals surface area (Å²) in [5.74, 6) is 0. The van der Waals surface area contributed by atoms with E-state index in [1.165, 1.54) is 121 Å². The van der Waals surface area contributed by atoms with Crippen LogP contribution in [0.4, 0.5) is 34.1 Å². The van der Waals surface area contributed by atoms with E-state index in [1.807, 2.05) is 0 Å². The summed E-state index contributed by atoms with van der Waals surface area (Å²) in [6.45, 7) is 14.1. The molecule has 0 fully saturated rings. The molecule has 1 spiro atoms. The summed E-state index contributed by atoms with van der Waals surface area (Å²) in [6, 6.07) is 114. The van der Waals surface area contributed by atoms with Crippen molar-refractivity contribution in [2.75, 3.05) is 9.80 Å². The average Bonchev–Trinajstić information content (AvgIpc) is 1.50. The third-order valence-corrected chi connectivity index (χ3v) is 20.3. The van der Waals surface area contributed by atoms with E-state index in [9.17, 15) is 0 Å². The predicted molar refractivity (Wildman–Crippen MR) is 393 cm³/mol. The van der Waals surface area contributed by atoms with E-state index in [0.29, 0.717) is 0 Å². The number of anilines is 6. The molecule has 16 aromatic rings. The van der Waals surface area contributed by atoms with Crippen molar-refractivity contribution in [1.29, 1.82) is 0 Å². The molecule has 0 atom stereocenters. The van der Waals surface area contributed by atoms with Gasteiger partial charge in [-0.3, -0.25) is 0 Å². The fourth-order valence-corrected chi connectivity index (χ4v) is 16.1. The molecule has 4 nitrogen and oxygen atoms in total. The van der Waals surface area contributed by atoms with Gasteiger partial charge in [0.25, 0.3) is 0 Å². The van der Waals surface area contributed by atoms with E-state index >= 15 is 0 Å².